The molecule has 0 spiro atoms. The van der Waals surface area contributed by atoms with E-state index in [0.29, 0.717) is 5.75 Å². The van der Waals surface area contributed by atoms with E-state index in [2.05, 4.69) is 0 Å². The van der Waals surface area contributed by atoms with Crippen molar-refractivity contribution in [1.29, 1.82) is 0 Å². The SMILES string of the molecule is COc1ccc(-c2ccc(N(C(C(=O)O)C3CCN(S(=O)(=O)c4ccccc4)CC3)S(=O)[O-])cc2)cc1. The van der Waals surface area contributed by atoms with Gasteiger partial charge < -0.3 is 14.4 Å². The summed E-state index contributed by atoms with van der Waals surface area (Å²) in [5, 5.41) is 10.0. The third-order valence-corrected chi connectivity index (χ3v) is 9.21. The summed E-state index contributed by atoms with van der Waals surface area (Å²) in [6, 6.07) is 20.6. The number of carbonyl (C=O) groups is 1. The molecule has 37 heavy (non-hydrogen) atoms. The molecule has 1 fully saturated rings. The van der Waals surface area contributed by atoms with Crippen LogP contribution in [0.25, 0.3) is 11.1 Å². The number of methoxy groups -OCH3 is 1. The Hall–Kier alpha value is -3.25. The van der Waals surface area contributed by atoms with Crippen LogP contribution in [0.2, 0.25) is 0 Å². The van der Waals surface area contributed by atoms with Gasteiger partial charge in [0.2, 0.25) is 10.0 Å². The lowest BCUT2D eigenvalue weighted by atomic mass is 9.90. The maximum absolute atomic E-state index is 12.9. The van der Waals surface area contributed by atoms with Crippen molar-refractivity contribution < 1.29 is 31.8 Å². The van der Waals surface area contributed by atoms with E-state index in [4.69, 9.17) is 4.74 Å². The maximum Gasteiger partial charge on any atom is 0.327 e. The highest BCUT2D eigenvalue weighted by atomic mass is 32.2. The molecule has 1 heterocycles. The second-order valence-electron chi connectivity index (χ2n) is 8.66. The monoisotopic (exact) mass is 543 g/mol. The van der Waals surface area contributed by atoms with Crippen molar-refractivity contribution in [3.8, 4) is 16.9 Å². The van der Waals surface area contributed by atoms with Crippen LogP contribution < -0.4 is 9.04 Å². The Labute approximate surface area is 218 Å². The molecule has 3 aromatic rings. The van der Waals surface area contributed by atoms with Crippen LogP contribution in [0.5, 0.6) is 5.75 Å². The molecule has 9 nitrogen and oxygen atoms in total. The fourth-order valence-electron chi connectivity index (χ4n) is 4.59. The highest BCUT2D eigenvalue weighted by Crippen LogP contribution is 2.32. The fourth-order valence-corrected chi connectivity index (χ4v) is 6.82. The third-order valence-electron chi connectivity index (χ3n) is 6.54. The molecule has 1 saturated heterocycles. The van der Waals surface area contributed by atoms with Crippen molar-refractivity contribution in [3.63, 3.8) is 0 Å². The zero-order valence-electron chi connectivity index (χ0n) is 20.1. The number of carboxylic acid groups (broad SMARTS) is 1. The number of nitrogens with zero attached hydrogens (tertiary/aromatic N) is 2. The van der Waals surface area contributed by atoms with Crippen LogP contribution in [0.15, 0.2) is 83.8 Å². The zero-order valence-corrected chi connectivity index (χ0v) is 21.7. The standard InChI is InChI=1S/C26H28N2O7S2/c1-35-23-13-9-20(10-14-23)19-7-11-22(12-8-19)28(36(31)32)25(26(29)30)21-15-17-27(18-16-21)37(33,34)24-5-3-2-4-6-24/h2-14,21,25H,15-18H2,1H3,(H,29,30)(H,31,32)/p-1. The molecule has 0 aromatic heterocycles. The highest BCUT2D eigenvalue weighted by molar-refractivity contribution is 7.89. The number of sulfonamides is 1. The van der Waals surface area contributed by atoms with Crippen LogP contribution in [0.3, 0.4) is 0 Å². The van der Waals surface area contributed by atoms with Gasteiger partial charge in [-0.2, -0.15) is 4.31 Å². The largest absolute Gasteiger partial charge is 0.755 e. The molecular weight excluding hydrogens is 516 g/mol. The molecule has 196 valence electrons. The molecule has 0 radical (unpaired) electrons. The average molecular weight is 544 g/mol. The van der Waals surface area contributed by atoms with Crippen molar-refractivity contribution in [2.45, 2.75) is 23.8 Å². The predicted molar refractivity (Wildman–Crippen MR) is 139 cm³/mol. The van der Waals surface area contributed by atoms with Crippen molar-refractivity contribution in [2.24, 2.45) is 5.92 Å². The van der Waals surface area contributed by atoms with Crippen LogP contribution in [0, 0.1) is 5.92 Å². The smallest absolute Gasteiger partial charge is 0.327 e. The Balaban J connectivity index is 1.53. The summed E-state index contributed by atoms with van der Waals surface area (Å²) in [5.41, 5.74) is 1.94. The lowest BCUT2D eigenvalue weighted by Gasteiger charge is -2.40. The third kappa shape index (κ3) is 5.85. The van der Waals surface area contributed by atoms with E-state index in [-0.39, 0.29) is 36.5 Å². The molecular formula is C26H27N2O7S2-. The molecule has 1 aliphatic rings. The zero-order chi connectivity index (χ0) is 26.6. The first-order valence-corrected chi connectivity index (χ1v) is 14.1. The van der Waals surface area contributed by atoms with Gasteiger partial charge in [0.05, 0.1) is 12.0 Å². The van der Waals surface area contributed by atoms with Crippen LogP contribution in [0.4, 0.5) is 5.69 Å². The van der Waals surface area contributed by atoms with E-state index in [1.807, 2.05) is 24.3 Å². The number of hydrogen-bond donors (Lipinski definition) is 1. The van der Waals surface area contributed by atoms with Gasteiger partial charge in [-0.3, -0.25) is 8.51 Å². The molecule has 0 saturated carbocycles. The molecule has 1 N–H and O–H groups in total. The van der Waals surface area contributed by atoms with Gasteiger partial charge in [0, 0.05) is 30.0 Å². The first kappa shape index (κ1) is 26.8. The van der Waals surface area contributed by atoms with Gasteiger partial charge in [-0.15, -0.1) is 0 Å². The van der Waals surface area contributed by atoms with E-state index < -0.39 is 39.2 Å². The average Bonchev–Trinajstić information content (AvgIpc) is 2.92. The van der Waals surface area contributed by atoms with Gasteiger partial charge in [0.25, 0.3) is 0 Å². The summed E-state index contributed by atoms with van der Waals surface area (Å²) in [7, 11) is -2.14. The van der Waals surface area contributed by atoms with E-state index in [1.165, 1.54) is 16.4 Å². The van der Waals surface area contributed by atoms with Crippen LogP contribution >= 0.6 is 0 Å². The molecule has 2 unspecified atom stereocenters. The summed E-state index contributed by atoms with van der Waals surface area (Å²) >= 11 is -2.86. The van der Waals surface area contributed by atoms with Gasteiger partial charge >= 0.3 is 5.97 Å². The second-order valence-corrected chi connectivity index (χ2v) is 11.4. The lowest BCUT2D eigenvalue weighted by molar-refractivity contribution is -0.140. The highest BCUT2D eigenvalue weighted by Gasteiger charge is 2.39. The molecule has 0 amide bonds. The van der Waals surface area contributed by atoms with Gasteiger partial charge in [-0.25, -0.2) is 13.2 Å². The van der Waals surface area contributed by atoms with Gasteiger partial charge in [0.15, 0.2) is 0 Å². The minimum atomic E-state index is -3.71. The normalized spacial score (nSPS) is 16.6. The molecule has 2 atom stereocenters. The Morgan fingerprint density at radius 2 is 1.54 bits per heavy atom. The van der Waals surface area contributed by atoms with Gasteiger partial charge in [0.1, 0.15) is 11.8 Å². The summed E-state index contributed by atoms with van der Waals surface area (Å²) in [6.45, 7) is 0.197. The second kappa shape index (κ2) is 11.4. The van der Waals surface area contributed by atoms with Crippen LogP contribution in [-0.2, 0) is 26.1 Å². The summed E-state index contributed by atoms with van der Waals surface area (Å²) in [4.78, 5) is 12.5. The number of benzene rings is 3. The number of anilines is 1. The number of piperidine rings is 1. The van der Waals surface area contributed by atoms with E-state index in [1.54, 1.807) is 49.6 Å². The fraction of sp³-hybridized carbons (Fsp3) is 0.269. The van der Waals surface area contributed by atoms with Crippen molar-refractivity contribution in [1.82, 2.24) is 4.31 Å². The molecule has 3 aromatic carbocycles. The predicted octanol–water partition coefficient (Wildman–Crippen LogP) is 3.52. The van der Waals surface area contributed by atoms with Crippen molar-refractivity contribution in [2.75, 3.05) is 24.5 Å². The minimum absolute atomic E-state index is 0.0986. The molecule has 4 rings (SSSR count). The van der Waals surface area contributed by atoms with Gasteiger partial charge in [-0.1, -0.05) is 42.5 Å². The maximum atomic E-state index is 12.9. The molecule has 1 aliphatic heterocycles. The Morgan fingerprint density at radius 1 is 1.00 bits per heavy atom. The number of carboxylic acids is 1. The van der Waals surface area contributed by atoms with E-state index in [0.717, 1.165) is 15.4 Å². The minimum Gasteiger partial charge on any atom is -0.755 e. The number of aliphatic carboxylic acids is 1. The van der Waals surface area contributed by atoms with Crippen molar-refractivity contribution in [3.05, 3.63) is 78.9 Å². The lowest BCUT2D eigenvalue weighted by Crippen LogP contribution is -2.51. The van der Waals surface area contributed by atoms with E-state index in [9.17, 15) is 27.1 Å². The summed E-state index contributed by atoms with van der Waals surface area (Å²) in [5.74, 6) is -1.15. The van der Waals surface area contributed by atoms with E-state index >= 15 is 0 Å². The molecule has 0 aliphatic carbocycles. The molecule has 11 heteroatoms. The first-order chi connectivity index (χ1) is 17.7. The summed E-state index contributed by atoms with van der Waals surface area (Å²) in [6.07, 6.45) is 0.418. The van der Waals surface area contributed by atoms with Crippen LogP contribution in [0.1, 0.15) is 12.8 Å². The molecule has 0 bridgehead atoms. The summed E-state index contributed by atoms with van der Waals surface area (Å²) < 4.78 is 57.8. The van der Waals surface area contributed by atoms with Crippen molar-refractivity contribution >= 4 is 32.9 Å². The Morgan fingerprint density at radius 3 is 2.03 bits per heavy atom. The number of rotatable bonds is 9. The Kier molecular flexibility index (Phi) is 8.28. The number of hydrogen-bond acceptors (Lipinski definition) is 6. The van der Waals surface area contributed by atoms with Crippen LogP contribution in [-0.4, -0.2) is 58.8 Å². The Bertz CT molecular complexity index is 1340. The number of ether oxygens (including phenoxy) is 1. The van der Waals surface area contributed by atoms with Gasteiger partial charge in [-0.05, 0) is 66.3 Å². The topological polar surface area (TPSA) is 127 Å². The first-order valence-electron chi connectivity index (χ1n) is 11.6. The quantitative estimate of drug-likeness (QED) is 0.409.